The maximum atomic E-state index is 12.5. The number of ether oxygens (including phenoxy) is 3. The second-order valence-electron chi connectivity index (χ2n) is 6.54. The minimum atomic E-state index is -3.76. The summed E-state index contributed by atoms with van der Waals surface area (Å²) in [6.07, 6.45) is 2.03. The molecule has 1 aliphatic rings. The zero-order chi connectivity index (χ0) is 20.7. The molecule has 1 saturated heterocycles. The van der Waals surface area contributed by atoms with Gasteiger partial charge in [-0.1, -0.05) is 6.07 Å². The lowest BCUT2D eigenvalue weighted by Gasteiger charge is -2.12. The van der Waals surface area contributed by atoms with Gasteiger partial charge < -0.3 is 19.5 Å². The number of amides is 1. The van der Waals surface area contributed by atoms with Crippen molar-refractivity contribution in [2.45, 2.75) is 23.8 Å². The van der Waals surface area contributed by atoms with Crippen molar-refractivity contribution in [3.05, 3.63) is 48.5 Å². The third-order valence-electron chi connectivity index (χ3n) is 4.38. The molecule has 0 bridgehead atoms. The second-order valence-corrected chi connectivity index (χ2v) is 8.22. The maximum Gasteiger partial charge on any atom is 0.261 e. The van der Waals surface area contributed by atoms with Crippen LogP contribution in [0.1, 0.15) is 12.8 Å². The minimum absolute atomic E-state index is 0.0699. The first-order valence-corrected chi connectivity index (χ1v) is 10.7. The summed E-state index contributed by atoms with van der Waals surface area (Å²) in [5, 5.41) is 2.76. The van der Waals surface area contributed by atoms with E-state index in [0.29, 0.717) is 23.7 Å². The Morgan fingerprint density at radius 2 is 1.97 bits per heavy atom. The van der Waals surface area contributed by atoms with Crippen molar-refractivity contribution in [3.63, 3.8) is 0 Å². The Morgan fingerprint density at radius 3 is 2.66 bits per heavy atom. The van der Waals surface area contributed by atoms with Crippen LogP contribution in [0.3, 0.4) is 0 Å². The lowest BCUT2D eigenvalue weighted by Crippen LogP contribution is -2.35. The van der Waals surface area contributed by atoms with E-state index in [4.69, 9.17) is 14.2 Å². The molecule has 0 aliphatic carbocycles. The Kier molecular flexibility index (Phi) is 6.95. The molecule has 0 saturated carbocycles. The predicted octanol–water partition coefficient (Wildman–Crippen LogP) is 2.17. The molecule has 3 rings (SSSR count). The molecule has 1 fully saturated rings. The van der Waals surface area contributed by atoms with E-state index in [1.807, 2.05) is 0 Å². The van der Waals surface area contributed by atoms with E-state index in [2.05, 4.69) is 10.0 Å². The second kappa shape index (κ2) is 9.62. The fourth-order valence-electron chi connectivity index (χ4n) is 2.85. The highest BCUT2D eigenvalue weighted by molar-refractivity contribution is 7.92. The number of carbonyl (C=O) groups excluding carboxylic acids is 1. The van der Waals surface area contributed by atoms with Gasteiger partial charge in [0.05, 0.1) is 23.8 Å². The monoisotopic (exact) mass is 420 g/mol. The Balaban J connectivity index is 1.52. The molecule has 1 aliphatic heterocycles. The van der Waals surface area contributed by atoms with E-state index in [9.17, 15) is 13.2 Å². The zero-order valence-electron chi connectivity index (χ0n) is 16.1. The molecule has 2 aromatic carbocycles. The number of anilines is 1. The highest BCUT2D eigenvalue weighted by Gasteiger charge is 2.17. The average Bonchev–Trinajstić information content (AvgIpc) is 3.24. The molecule has 0 radical (unpaired) electrons. The van der Waals surface area contributed by atoms with Gasteiger partial charge in [0.1, 0.15) is 11.5 Å². The van der Waals surface area contributed by atoms with Crippen LogP contribution in [0, 0.1) is 0 Å². The van der Waals surface area contributed by atoms with Gasteiger partial charge in [-0.25, -0.2) is 8.42 Å². The number of carbonyl (C=O) groups is 1. The van der Waals surface area contributed by atoms with Crippen molar-refractivity contribution in [1.29, 1.82) is 0 Å². The first-order valence-electron chi connectivity index (χ1n) is 9.24. The normalized spacial score (nSPS) is 16.2. The van der Waals surface area contributed by atoms with E-state index in [0.717, 1.165) is 19.4 Å². The Labute approximate surface area is 170 Å². The van der Waals surface area contributed by atoms with Crippen molar-refractivity contribution in [2.24, 2.45) is 0 Å². The van der Waals surface area contributed by atoms with Crippen molar-refractivity contribution in [3.8, 4) is 11.5 Å². The van der Waals surface area contributed by atoms with Gasteiger partial charge >= 0.3 is 0 Å². The third-order valence-corrected chi connectivity index (χ3v) is 5.77. The summed E-state index contributed by atoms with van der Waals surface area (Å²) >= 11 is 0. The number of rotatable bonds is 9. The van der Waals surface area contributed by atoms with Gasteiger partial charge in [-0.05, 0) is 49.2 Å². The van der Waals surface area contributed by atoms with Crippen LogP contribution >= 0.6 is 0 Å². The van der Waals surface area contributed by atoms with Crippen LogP contribution in [0.5, 0.6) is 11.5 Å². The molecular formula is C20H24N2O6S. The van der Waals surface area contributed by atoms with Gasteiger partial charge in [-0.2, -0.15) is 0 Å². The quantitative estimate of drug-likeness (QED) is 0.645. The van der Waals surface area contributed by atoms with E-state index >= 15 is 0 Å². The van der Waals surface area contributed by atoms with Crippen LogP contribution < -0.4 is 19.5 Å². The van der Waals surface area contributed by atoms with Crippen molar-refractivity contribution < 1.29 is 27.4 Å². The standard InChI is InChI=1S/C20H24N2O6S/c1-26-17-5-2-4-15(12-17)22-29(24,25)19-9-7-16(8-10-19)28-14-20(23)21-13-18-6-3-11-27-18/h2,4-5,7-10,12,18,22H,3,6,11,13-14H2,1H3,(H,21,23)/t18-/m0/s1. The topological polar surface area (TPSA) is 103 Å². The van der Waals surface area contributed by atoms with Crippen LogP contribution in [-0.4, -0.2) is 47.3 Å². The van der Waals surface area contributed by atoms with Gasteiger partial charge in [0.25, 0.3) is 15.9 Å². The average molecular weight is 420 g/mol. The van der Waals surface area contributed by atoms with Gasteiger partial charge in [0, 0.05) is 19.2 Å². The Morgan fingerprint density at radius 1 is 1.17 bits per heavy atom. The summed E-state index contributed by atoms with van der Waals surface area (Å²) in [4.78, 5) is 11.9. The first kappa shape index (κ1) is 20.9. The van der Waals surface area contributed by atoms with E-state index < -0.39 is 10.0 Å². The van der Waals surface area contributed by atoms with Crippen LogP contribution in [0.2, 0.25) is 0 Å². The van der Waals surface area contributed by atoms with Crippen LogP contribution in [0.4, 0.5) is 5.69 Å². The summed E-state index contributed by atoms with van der Waals surface area (Å²) in [6.45, 7) is 1.05. The van der Waals surface area contributed by atoms with Gasteiger partial charge in [0.2, 0.25) is 0 Å². The van der Waals surface area contributed by atoms with Gasteiger partial charge in [-0.3, -0.25) is 9.52 Å². The number of methoxy groups -OCH3 is 1. The molecular weight excluding hydrogens is 396 g/mol. The highest BCUT2D eigenvalue weighted by atomic mass is 32.2. The van der Waals surface area contributed by atoms with Crippen LogP contribution in [0.25, 0.3) is 0 Å². The lowest BCUT2D eigenvalue weighted by atomic mass is 10.2. The fraction of sp³-hybridized carbons (Fsp3) is 0.350. The molecule has 0 unspecified atom stereocenters. The minimum Gasteiger partial charge on any atom is -0.497 e. The van der Waals surface area contributed by atoms with E-state index in [-0.39, 0.29) is 23.5 Å². The number of sulfonamides is 1. The smallest absolute Gasteiger partial charge is 0.261 e. The zero-order valence-corrected chi connectivity index (χ0v) is 16.9. The lowest BCUT2D eigenvalue weighted by molar-refractivity contribution is -0.123. The molecule has 1 amide bonds. The van der Waals surface area contributed by atoms with Crippen molar-refractivity contribution >= 4 is 21.6 Å². The van der Waals surface area contributed by atoms with Gasteiger partial charge in [0.15, 0.2) is 6.61 Å². The van der Waals surface area contributed by atoms with Gasteiger partial charge in [-0.15, -0.1) is 0 Å². The van der Waals surface area contributed by atoms with Crippen molar-refractivity contribution in [1.82, 2.24) is 5.32 Å². The molecule has 0 aromatic heterocycles. The van der Waals surface area contributed by atoms with Crippen LogP contribution in [-0.2, 0) is 19.6 Å². The van der Waals surface area contributed by atoms with E-state index in [1.165, 1.54) is 31.4 Å². The SMILES string of the molecule is COc1cccc(NS(=O)(=O)c2ccc(OCC(=O)NC[C@@H]3CCCO3)cc2)c1. The summed E-state index contributed by atoms with van der Waals surface area (Å²) < 4.78 is 43.5. The molecule has 2 aromatic rings. The Hall–Kier alpha value is -2.78. The van der Waals surface area contributed by atoms with Crippen molar-refractivity contribution in [2.75, 3.05) is 31.6 Å². The number of hydrogen-bond acceptors (Lipinski definition) is 6. The fourth-order valence-corrected chi connectivity index (χ4v) is 3.90. The van der Waals surface area contributed by atoms with E-state index in [1.54, 1.807) is 24.3 Å². The molecule has 0 spiro atoms. The van der Waals surface area contributed by atoms with Crippen LogP contribution in [0.15, 0.2) is 53.4 Å². The Bertz CT molecular complexity index is 924. The number of benzene rings is 2. The number of hydrogen-bond donors (Lipinski definition) is 2. The third kappa shape index (κ3) is 6.10. The molecule has 29 heavy (non-hydrogen) atoms. The summed E-state index contributed by atoms with van der Waals surface area (Å²) in [7, 11) is -2.25. The molecule has 2 N–H and O–H groups in total. The first-order chi connectivity index (χ1) is 14.0. The maximum absolute atomic E-state index is 12.5. The molecule has 9 heteroatoms. The largest absolute Gasteiger partial charge is 0.497 e. The summed E-state index contributed by atoms with van der Waals surface area (Å²) in [5.41, 5.74) is 0.396. The molecule has 8 nitrogen and oxygen atoms in total. The summed E-state index contributed by atoms with van der Waals surface area (Å²) in [5.74, 6) is 0.696. The molecule has 156 valence electrons. The molecule has 1 heterocycles. The summed E-state index contributed by atoms with van der Waals surface area (Å²) in [6, 6.07) is 12.5. The highest BCUT2D eigenvalue weighted by Crippen LogP contribution is 2.22. The number of nitrogens with one attached hydrogen (secondary N) is 2. The predicted molar refractivity (Wildman–Crippen MR) is 108 cm³/mol. The molecule has 1 atom stereocenters.